The first-order valence-corrected chi connectivity index (χ1v) is 7.12. The molecule has 3 aromatic rings. The van der Waals surface area contributed by atoms with Gasteiger partial charge in [0.25, 0.3) is 0 Å². The number of rotatable bonds is 3. The molecule has 0 radical (unpaired) electrons. The van der Waals surface area contributed by atoms with Gasteiger partial charge in [-0.25, -0.2) is 0 Å². The number of methoxy groups -OCH3 is 1. The molecular formula is C17H14O2S. The minimum absolute atomic E-state index is 0.166. The summed E-state index contributed by atoms with van der Waals surface area (Å²) in [4.78, 5) is 2.35. The lowest BCUT2D eigenvalue weighted by molar-refractivity contribution is 0.373. The van der Waals surface area contributed by atoms with Gasteiger partial charge in [-0.15, -0.1) is 11.3 Å². The zero-order valence-corrected chi connectivity index (χ0v) is 11.9. The van der Waals surface area contributed by atoms with Crippen LogP contribution < -0.4 is 4.74 Å². The monoisotopic (exact) mass is 282 g/mol. The molecule has 3 heteroatoms. The summed E-state index contributed by atoms with van der Waals surface area (Å²) < 4.78 is 5.06. The second-order valence-electron chi connectivity index (χ2n) is 4.42. The van der Waals surface area contributed by atoms with Crippen LogP contribution in [-0.4, -0.2) is 12.2 Å². The number of phenols is 1. The molecule has 0 unspecified atom stereocenters. The van der Waals surface area contributed by atoms with E-state index in [1.165, 1.54) is 10.4 Å². The predicted molar refractivity (Wildman–Crippen MR) is 83.4 cm³/mol. The maximum atomic E-state index is 9.86. The molecule has 0 saturated carbocycles. The summed E-state index contributed by atoms with van der Waals surface area (Å²) in [5.41, 5.74) is 2.21. The Morgan fingerprint density at radius 2 is 1.55 bits per heavy atom. The highest BCUT2D eigenvalue weighted by Crippen LogP contribution is 2.37. The van der Waals surface area contributed by atoms with Crippen molar-refractivity contribution in [2.75, 3.05) is 7.11 Å². The Bertz CT molecular complexity index is 717. The molecule has 20 heavy (non-hydrogen) atoms. The standard InChI is InChI=1S/C17H14O2S/c1-19-15-8-7-13(11-14(15)18)17-10-9-16(20-17)12-5-3-2-4-6-12/h2-11,18H,1H3. The summed E-state index contributed by atoms with van der Waals surface area (Å²) in [7, 11) is 1.55. The number of ether oxygens (including phenoxy) is 1. The Hall–Kier alpha value is -2.26. The Morgan fingerprint density at radius 1 is 0.850 bits per heavy atom. The lowest BCUT2D eigenvalue weighted by Gasteiger charge is -2.04. The predicted octanol–water partition coefficient (Wildman–Crippen LogP) is 4.80. The van der Waals surface area contributed by atoms with E-state index in [0.717, 1.165) is 10.4 Å². The van der Waals surface area contributed by atoms with Crippen LogP contribution in [0.4, 0.5) is 0 Å². The second kappa shape index (κ2) is 5.39. The second-order valence-corrected chi connectivity index (χ2v) is 5.50. The van der Waals surface area contributed by atoms with Crippen LogP contribution in [0.1, 0.15) is 0 Å². The van der Waals surface area contributed by atoms with Gasteiger partial charge in [-0.05, 0) is 41.5 Å². The largest absolute Gasteiger partial charge is 0.504 e. The zero-order chi connectivity index (χ0) is 13.9. The number of phenolic OH excluding ortho intramolecular Hbond substituents is 1. The van der Waals surface area contributed by atoms with Crippen molar-refractivity contribution in [2.24, 2.45) is 0 Å². The van der Waals surface area contributed by atoms with Crippen molar-refractivity contribution in [1.29, 1.82) is 0 Å². The molecule has 1 heterocycles. The van der Waals surface area contributed by atoms with Crippen molar-refractivity contribution < 1.29 is 9.84 Å². The molecule has 0 amide bonds. The van der Waals surface area contributed by atoms with Crippen molar-refractivity contribution in [3.63, 3.8) is 0 Å². The highest BCUT2D eigenvalue weighted by atomic mass is 32.1. The minimum atomic E-state index is 0.166. The molecule has 0 aliphatic rings. The fraction of sp³-hybridized carbons (Fsp3) is 0.0588. The van der Waals surface area contributed by atoms with Gasteiger partial charge in [0.05, 0.1) is 7.11 Å². The third kappa shape index (κ3) is 2.40. The average Bonchev–Trinajstić information content (AvgIpc) is 2.98. The Labute approximate surface area is 121 Å². The fourth-order valence-electron chi connectivity index (χ4n) is 2.09. The molecule has 0 saturated heterocycles. The Balaban J connectivity index is 1.96. The van der Waals surface area contributed by atoms with E-state index in [0.29, 0.717) is 5.75 Å². The molecular weight excluding hydrogens is 268 g/mol. The highest BCUT2D eigenvalue weighted by molar-refractivity contribution is 7.18. The van der Waals surface area contributed by atoms with Gasteiger partial charge >= 0.3 is 0 Å². The summed E-state index contributed by atoms with van der Waals surface area (Å²) in [5.74, 6) is 0.660. The molecule has 100 valence electrons. The average molecular weight is 282 g/mol. The van der Waals surface area contributed by atoms with Crippen molar-refractivity contribution in [3.8, 4) is 32.4 Å². The summed E-state index contributed by atoms with van der Waals surface area (Å²) in [5, 5.41) is 9.86. The molecule has 0 fully saturated rings. The van der Waals surface area contributed by atoms with Crippen LogP contribution in [-0.2, 0) is 0 Å². The van der Waals surface area contributed by atoms with Gasteiger partial charge in [-0.1, -0.05) is 30.3 Å². The maximum Gasteiger partial charge on any atom is 0.160 e. The summed E-state index contributed by atoms with van der Waals surface area (Å²) in [6.45, 7) is 0. The third-order valence-corrected chi connectivity index (χ3v) is 4.31. The molecule has 0 aliphatic carbocycles. The summed E-state index contributed by atoms with van der Waals surface area (Å²) in [6, 6.07) is 19.9. The number of aromatic hydroxyl groups is 1. The van der Waals surface area contributed by atoms with Crippen LogP contribution >= 0.6 is 11.3 Å². The molecule has 2 nitrogen and oxygen atoms in total. The third-order valence-electron chi connectivity index (χ3n) is 3.13. The summed E-state index contributed by atoms with van der Waals surface area (Å²) >= 11 is 1.71. The van der Waals surface area contributed by atoms with Crippen LogP contribution in [0, 0.1) is 0 Å². The van der Waals surface area contributed by atoms with Crippen molar-refractivity contribution in [1.82, 2.24) is 0 Å². The molecule has 1 N–H and O–H groups in total. The van der Waals surface area contributed by atoms with Gasteiger partial charge in [-0.3, -0.25) is 0 Å². The van der Waals surface area contributed by atoms with Crippen molar-refractivity contribution in [3.05, 3.63) is 60.7 Å². The molecule has 0 bridgehead atoms. The number of hydrogen-bond donors (Lipinski definition) is 1. The first-order chi connectivity index (χ1) is 9.78. The van der Waals surface area contributed by atoms with Gasteiger partial charge in [0, 0.05) is 9.75 Å². The van der Waals surface area contributed by atoms with Gasteiger partial charge in [0.2, 0.25) is 0 Å². The molecule has 0 spiro atoms. The Kier molecular flexibility index (Phi) is 3.44. The maximum absolute atomic E-state index is 9.86. The smallest absolute Gasteiger partial charge is 0.160 e. The minimum Gasteiger partial charge on any atom is -0.504 e. The zero-order valence-electron chi connectivity index (χ0n) is 11.0. The molecule has 3 rings (SSSR count). The van der Waals surface area contributed by atoms with E-state index in [4.69, 9.17) is 4.74 Å². The van der Waals surface area contributed by atoms with Crippen molar-refractivity contribution >= 4 is 11.3 Å². The molecule has 0 aliphatic heterocycles. The number of hydrogen-bond acceptors (Lipinski definition) is 3. The number of thiophene rings is 1. The molecule has 2 aromatic carbocycles. The van der Waals surface area contributed by atoms with E-state index in [1.54, 1.807) is 30.6 Å². The molecule has 0 atom stereocenters. The van der Waals surface area contributed by atoms with Crippen LogP contribution in [0.2, 0.25) is 0 Å². The fourth-order valence-corrected chi connectivity index (χ4v) is 3.10. The topological polar surface area (TPSA) is 29.5 Å². The van der Waals surface area contributed by atoms with E-state index in [2.05, 4.69) is 24.3 Å². The normalized spacial score (nSPS) is 10.4. The van der Waals surface area contributed by atoms with Crippen LogP contribution in [0.25, 0.3) is 20.9 Å². The summed E-state index contributed by atoms with van der Waals surface area (Å²) in [6.07, 6.45) is 0. The van der Waals surface area contributed by atoms with E-state index < -0.39 is 0 Å². The van der Waals surface area contributed by atoms with Gasteiger partial charge in [0.1, 0.15) is 0 Å². The van der Waals surface area contributed by atoms with Gasteiger partial charge in [0.15, 0.2) is 11.5 Å². The van der Waals surface area contributed by atoms with Gasteiger partial charge in [-0.2, -0.15) is 0 Å². The van der Waals surface area contributed by atoms with E-state index >= 15 is 0 Å². The molecule has 1 aromatic heterocycles. The van der Waals surface area contributed by atoms with Crippen LogP contribution in [0.15, 0.2) is 60.7 Å². The quantitative estimate of drug-likeness (QED) is 0.748. The van der Waals surface area contributed by atoms with Crippen LogP contribution in [0.3, 0.4) is 0 Å². The van der Waals surface area contributed by atoms with Gasteiger partial charge < -0.3 is 9.84 Å². The number of benzene rings is 2. The van der Waals surface area contributed by atoms with Crippen molar-refractivity contribution in [2.45, 2.75) is 0 Å². The highest BCUT2D eigenvalue weighted by Gasteiger charge is 2.07. The van der Waals surface area contributed by atoms with Crippen LogP contribution in [0.5, 0.6) is 11.5 Å². The van der Waals surface area contributed by atoms with E-state index in [-0.39, 0.29) is 5.75 Å². The van der Waals surface area contributed by atoms with E-state index in [9.17, 15) is 5.11 Å². The SMILES string of the molecule is COc1ccc(-c2ccc(-c3ccccc3)s2)cc1O. The first-order valence-electron chi connectivity index (χ1n) is 6.30. The lowest BCUT2D eigenvalue weighted by atomic mass is 10.1. The first kappa shape index (κ1) is 12.8. The lowest BCUT2D eigenvalue weighted by Crippen LogP contribution is -1.83. The Morgan fingerprint density at radius 3 is 2.20 bits per heavy atom. The van der Waals surface area contributed by atoms with E-state index in [1.807, 2.05) is 24.3 Å².